The summed E-state index contributed by atoms with van der Waals surface area (Å²) in [7, 11) is 1.50. The number of anilines is 1. The summed E-state index contributed by atoms with van der Waals surface area (Å²) in [4.78, 5) is 32.8. The number of piperazine rings is 1. The highest BCUT2D eigenvalue weighted by molar-refractivity contribution is 5.93. The molecule has 0 spiro atoms. The molecular formula is C20H23FN4O4. The van der Waals surface area contributed by atoms with Gasteiger partial charge in [0, 0.05) is 50.3 Å². The van der Waals surface area contributed by atoms with Crippen molar-refractivity contribution in [2.45, 2.75) is 18.9 Å². The van der Waals surface area contributed by atoms with Crippen LogP contribution in [0.5, 0.6) is 0 Å². The molecule has 2 aliphatic rings. The normalized spacial score (nSPS) is 17.9. The SMILES string of the molecule is CON=CCN1CCN(c2cc3c(cc2F)c(=O)c(C(=O)O)cn3C2CC2)CC1. The van der Waals surface area contributed by atoms with Gasteiger partial charge in [0.05, 0.1) is 17.4 Å². The molecule has 154 valence electrons. The molecule has 1 aromatic heterocycles. The minimum Gasteiger partial charge on any atom is -0.477 e. The number of rotatable bonds is 6. The molecule has 9 heteroatoms. The van der Waals surface area contributed by atoms with Crippen molar-refractivity contribution in [2.75, 3.05) is 44.7 Å². The lowest BCUT2D eigenvalue weighted by Gasteiger charge is -2.35. The molecule has 1 N–H and O–H groups in total. The minimum absolute atomic E-state index is 0.118. The molecule has 0 radical (unpaired) electrons. The molecule has 1 saturated heterocycles. The lowest BCUT2D eigenvalue weighted by Crippen LogP contribution is -2.47. The Hall–Kier alpha value is -2.94. The molecule has 0 bridgehead atoms. The zero-order valence-electron chi connectivity index (χ0n) is 16.2. The fourth-order valence-electron chi connectivity index (χ4n) is 3.80. The van der Waals surface area contributed by atoms with Crippen LogP contribution in [-0.2, 0) is 4.84 Å². The Morgan fingerprint density at radius 2 is 2.03 bits per heavy atom. The van der Waals surface area contributed by atoms with Gasteiger partial charge in [-0.25, -0.2) is 9.18 Å². The van der Waals surface area contributed by atoms with Crippen LogP contribution in [0.4, 0.5) is 10.1 Å². The van der Waals surface area contributed by atoms with Crippen molar-refractivity contribution in [3.63, 3.8) is 0 Å². The quantitative estimate of drug-likeness (QED) is 0.587. The van der Waals surface area contributed by atoms with Crippen molar-refractivity contribution in [1.29, 1.82) is 0 Å². The largest absolute Gasteiger partial charge is 0.477 e. The van der Waals surface area contributed by atoms with E-state index in [1.165, 1.54) is 19.4 Å². The van der Waals surface area contributed by atoms with Gasteiger partial charge in [-0.2, -0.15) is 0 Å². The van der Waals surface area contributed by atoms with E-state index in [1.807, 2.05) is 9.47 Å². The molecule has 1 aromatic carbocycles. The first-order valence-corrected chi connectivity index (χ1v) is 9.63. The topological polar surface area (TPSA) is 87.4 Å². The predicted octanol–water partition coefficient (Wildman–Crippen LogP) is 1.93. The van der Waals surface area contributed by atoms with E-state index in [4.69, 9.17) is 0 Å². The average Bonchev–Trinajstić information content (AvgIpc) is 3.54. The zero-order chi connectivity index (χ0) is 20.5. The number of fused-ring (bicyclic) bond motifs is 1. The molecule has 1 saturated carbocycles. The van der Waals surface area contributed by atoms with E-state index < -0.39 is 17.2 Å². The van der Waals surface area contributed by atoms with Gasteiger partial charge < -0.3 is 19.4 Å². The number of aromatic carboxylic acids is 1. The second-order valence-electron chi connectivity index (χ2n) is 7.39. The van der Waals surface area contributed by atoms with Crippen molar-refractivity contribution in [3.05, 3.63) is 39.9 Å². The third-order valence-corrected chi connectivity index (χ3v) is 5.50. The Labute approximate surface area is 166 Å². The van der Waals surface area contributed by atoms with Crippen LogP contribution >= 0.6 is 0 Å². The lowest BCUT2D eigenvalue weighted by atomic mass is 10.1. The van der Waals surface area contributed by atoms with Gasteiger partial charge >= 0.3 is 5.97 Å². The summed E-state index contributed by atoms with van der Waals surface area (Å²) in [6, 6.07) is 3.04. The van der Waals surface area contributed by atoms with Crippen molar-refractivity contribution in [2.24, 2.45) is 5.16 Å². The Kier molecular flexibility index (Phi) is 5.23. The smallest absolute Gasteiger partial charge is 0.341 e. The van der Waals surface area contributed by atoms with Crippen LogP contribution in [0, 0.1) is 5.82 Å². The lowest BCUT2D eigenvalue weighted by molar-refractivity contribution is 0.0695. The first kappa shape index (κ1) is 19.4. The first-order chi connectivity index (χ1) is 14.0. The predicted molar refractivity (Wildman–Crippen MR) is 108 cm³/mol. The molecule has 1 aliphatic carbocycles. The number of benzene rings is 1. The van der Waals surface area contributed by atoms with E-state index in [1.54, 1.807) is 12.3 Å². The summed E-state index contributed by atoms with van der Waals surface area (Å²) in [6.07, 6.45) is 4.94. The van der Waals surface area contributed by atoms with Crippen LogP contribution in [0.2, 0.25) is 0 Å². The highest BCUT2D eigenvalue weighted by Gasteiger charge is 2.28. The number of oxime groups is 1. The number of carboxylic acid groups (broad SMARTS) is 1. The van der Waals surface area contributed by atoms with E-state index in [-0.39, 0.29) is 17.0 Å². The standard InChI is InChI=1S/C20H23FN4O4/c1-29-22-4-5-23-6-8-24(9-7-23)18-11-17-14(10-16(18)21)19(26)15(20(27)28)12-25(17)13-2-3-13/h4,10-13H,2-3,5-9H2,1H3,(H,27,28). The maximum absolute atomic E-state index is 14.9. The van der Waals surface area contributed by atoms with Crippen molar-refractivity contribution in [3.8, 4) is 0 Å². The van der Waals surface area contributed by atoms with E-state index in [0.717, 1.165) is 25.9 Å². The fourth-order valence-corrected chi connectivity index (χ4v) is 3.80. The maximum Gasteiger partial charge on any atom is 0.341 e. The Bertz CT molecular complexity index is 1020. The monoisotopic (exact) mass is 402 g/mol. The zero-order valence-corrected chi connectivity index (χ0v) is 16.2. The number of carboxylic acids is 1. The van der Waals surface area contributed by atoms with Crippen LogP contribution in [0.1, 0.15) is 29.2 Å². The molecule has 0 amide bonds. The Morgan fingerprint density at radius 1 is 1.31 bits per heavy atom. The van der Waals surface area contributed by atoms with Gasteiger partial charge in [-0.1, -0.05) is 5.16 Å². The Balaban J connectivity index is 1.67. The fraction of sp³-hybridized carbons (Fsp3) is 0.450. The maximum atomic E-state index is 14.9. The summed E-state index contributed by atoms with van der Waals surface area (Å²) in [5, 5.41) is 13.2. The molecule has 2 fully saturated rings. The van der Waals surface area contributed by atoms with Crippen LogP contribution in [0.25, 0.3) is 10.9 Å². The summed E-state index contributed by atoms with van der Waals surface area (Å²) in [5.41, 5.74) is 0.0770. The van der Waals surface area contributed by atoms with Crippen molar-refractivity contribution >= 4 is 28.8 Å². The number of aromatic nitrogens is 1. The summed E-state index contributed by atoms with van der Waals surface area (Å²) in [5.74, 6) is -1.79. The van der Waals surface area contributed by atoms with Crippen LogP contribution < -0.4 is 10.3 Å². The number of pyridine rings is 1. The second-order valence-corrected chi connectivity index (χ2v) is 7.39. The van der Waals surface area contributed by atoms with Crippen LogP contribution in [-0.4, -0.2) is 66.6 Å². The molecule has 4 rings (SSSR count). The van der Waals surface area contributed by atoms with Gasteiger partial charge in [-0.3, -0.25) is 9.69 Å². The summed E-state index contributed by atoms with van der Waals surface area (Å²) < 4.78 is 16.7. The number of hydrogen-bond acceptors (Lipinski definition) is 6. The summed E-state index contributed by atoms with van der Waals surface area (Å²) in [6.45, 7) is 3.45. The van der Waals surface area contributed by atoms with E-state index in [0.29, 0.717) is 30.8 Å². The molecule has 0 unspecified atom stereocenters. The van der Waals surface area contributed by atoms with Gasteiger partial charge in [-0.15, -0.1) is 0 Å². The minimum atomic E-state index is -1.29. The van der Waals surface area contributed by atoms with Gasteiger partial charge in [0.2, 0.25) is 5.43 Å². The molecule has 2 aromatic rings. The highest BCUT2D eigenvalue weighted by Crippen LogP contribution is 2.38. The van der Waals surface area contributed by atoms with Gasteiger partial charge in [0.1, 0.15) is 18.5 Å². The van der Waals surface area contributed by atoms with E-state index in [9.17, 15) is 19.1 Å². The number of nitrogens with zero attached hydrogens (tertiary/aromatic N) is 4. The first-order valence-electron chi connectivity index (χ1n) is 9.63. The Morgan fingerprint density at radius 3 is 2.66 bits per heavy atom. The summed E-state index contributed by atoms with van der Waals surface area (Å²) >= 11 is 0. The third kappa shape index (κ3) is 3.82. The number of carbonyl (C=O) groups is 1. The van der Waals surface area contributed by atoms with Crippen molar-refractivity contribution < 1.29 is 19.1 Å². The van der Waals surface area contributed by atoms with Crippen LogP contribution in [0.15, 0.2) is 28.3 Å². The molecular weight excluding hydrogens is 379 g/mol. The average molecular weight is 402 g/mol. The molecule has 29 heavy (non-hydrogen) atoms. The number of hydrogen-bond donors (Lipinski definition) is 1. The molecule has 8 nitrogen and oxygen atoms in total. The van der Waals surface area contributed by atoms with E-state index in [2.05, 4.69) is 14.9 Å². The van der Waals surface area contributed by atoms with Gasteiger partial charge in [-0.05, 0) is 25.0 Å². The second kappa shape index (κ2) is 7.82. The van der Waals surface area contributed by atoms with Gasteiger partial charge in [0.25, 0.3) is 0 Å². The number of halogens is 1. The molecule has 0 atom stereocenters. The molecule has 2 heterocycles. The van der Waals surface area contributed by atoms with Gasteiger partial charge in [0.15, 0.2) is 0 Å². The van der Waals surface area contributed by atoms with Crippen molar-refractivity contribution in [1.82, 2.24) is 9.47 Å². The van der Waals surface area contributed by atoms with Crippen LogP contribution in [0.3, 0.4) is 0 Å². The molecule has 1 aliphatic heterocycles. The third-order valence-electron chi connectivity index (χ3n) is 5.50. The van der Waals surface area contributed by atoms with E-state index >= 15 is 0 Å². The highest BCUT2D eigenvalue weighted by atomic mass is 19.1.